The fourth-order valence-electron chi connectivity index (χ4n) is 3.87. The Bertz CT molecular complexity index is 956. The Kier molecular flexibility index (Phi) is 6.58. The van der Waals surface area contributed by atoms with Crippen molar-refractivity contribution < 1.29 is 23.9 Å². The van der Waals surface area contributed by atoms with Crippen LogP contribution in [0.1, 0.15) is 31.7 Å². The van der Waals surface area contributed by atoms with Gasteiger partial charge in [0, 0.05) is 32.5 Å². The number of carbonyl (C=O) groups is 2. The van der Waals surface area contributed by atoms with Gasteiger partial charge >= 0.3 is 6.09 Å². The molecule has 8 heteroatoms. The van der Waals surface area contributed by atoms with Crippen molar-refractivity contribution in [1.29, 1.82) is 0 Å². The van der Waals surface area contributed by atoms with Crippen molar-refractivity contribution in [3.8, 4) is 5.75 Å². The summed E-state index contributed by atoms with van der Waals surface area (Å²) in [5.41, 5.74) is 0.447. The first-order chi connectivity index (χ1) is 15.5. The van der Waals surface area contributed by atoms with Crippen LogP contribution in [-0.4, -0.2) is 47.6 Å². The lowest BCUT2D eigenvalue weighted by atomic mass is 9.88. The highest BCUT2D eigenvalue weighted by Crippen LogP contribution is 2.35. The molecule has 2 aliphatic heterocycles. The maximum atomic E-state index is 12.8. The van der Waals surface area contributed by atoms with E-state index in [0.29, 0.717) is 44.6 Å². The van der Waals surface area contributed by atoms with E-state index in [-0.39, 0.29) is 11.8 Å². The van der Waals surface area contributed by atoms with Crippen molar-refractivity contribution in [2.24, 2.45) is 5.16 Å². The van der Waals surface area contributed by atoms with Gasteiger partial charge in [0.15, 0.2) is 6.10 Å². The van der Waals surface area contributed by atoms with E-state index in [9.17, 15) is 9.59 Å². The molecule has 0 aliphatic carbocycles. The minimum atomic E-state index is -0.570. The second-order valence-electron chi connectivity index (χ2n) is 8.06. The Labute approximate surface area is 187 Å². The first-order valence-corrected chi connectivity index (χ1v) is 10.8. The number of hydrogen-bond donors (Lipinski definition) is 1. The number of alkyl carbamates (subject to hydrolysis) is 1. The molecule has 2 aromatic carbocycles. The number of carbonyl (C=O) groups excluding carboxylic acids is 2. The van der Waals surface area contributed by atoms with Crippen LogP contribution in [0.15, 0.2) is 65.8 Å². The lowest BCUT2D eigenvalue weighted by molar-refractivity contribution is -0.143. The normalized spacial score (nSPS) is 17.8. The first kappa shape index (κ1) is 21.7. The van der Waals surface area contributed by atoms with Crippen molar-refractivity contribution in [2.45, 2.75) is 44.4 Å². The Hall–Kier alpha value is -3.55. The van der Waals surface area contributed by atoms with Crippen molar-refractivity contribution in [3.63, 3.8) is 0 Å². The van der Waals surface area contributed by atoms with E-state index in [4.69, 9.17) is 14.3 Å². The summed E-state index contributed by atoms with van der Waals surface area (Å²) in [6, 6.07) is 18.9. The lowest BCUT2D eigenvalue weighted by Crippen LogP contribution is -2.50. The largest absolute Gasteiger partial charge is 0.481 e. The molecule has 1 atom stereocenters. The van der Waals surface area contributed by atoms with Crippen LogP contribution in [0.4, 0.5) is 4.79 Å². The summed E-state index contributed by atoms with van der Waals surface area (Å²) in [5, 5.41) is 6.68. The molecule has 1 unspecified atom stereocenters. The van der Waals surface area contributed by atoms with Gasteiger partial charge in [-0.3, -0.25) is 4.79 Å². The van der Waals surface area contributed by atoms with Gasteiger partial charge in [0.2, 0.25) is 5.90 Å². The smallest absolute Gasteiger partial charge is 0.414 e. The fraction of sp³-hybridized carbons (Fsp3) is 0.375. The quantitative estimate of drug-likeness (QED) is 0.774. The summed E-state index contributed by atoms with van der Waals surface area (Å²) in [6.45, 7) is 3.20. The second-order valence-corrected chi connectivity index (χ2v) is 8.06. The Morgan fingerprint density at radius 3 is 2.44 bits per heavy atom. The van der Waals surface area contributed by atoms with Crippen molar-refractivity contribution in [3.05, 3.63) is 66.2 Å². The molecular weight excluding hydrogens is 410 g/mol. The molecule has 1 fully saturated rings. The van der Waals surface area contributed by atoms with E-state index >= 15 is 0 Å². The standard InChI is InChI=1S/C24H27N3O5/c1-18(30-20-10-6-3-7-11-20)22(28)27-14-12-24(13-15-27)16-21(26-32-24)31-23(29)25-17-19-8-4-2-5-9-19/h2-11,18H,12-17H2,1H3,(H,25,29). The van der Waals surface area contributed by atoms with Crippen molar-refractivity contribution >= 4 is 17.9 Å². The number of para-hydroxylation sites is 1. The van der Waals surface area contributed by atoms with Gasteiger partial charge in [0.1, 0.15) is 11.4 Å². The molecule has 168 valence electrons. The summed E-state index contributed by atoms with van der Waals surface area (Å²) >= 11 is 0. The fourth-order valence-corrected chi connectivity index (χ4v) is 3.87. The molecule has 1 spiro atoms. The number of oxime groups is 1. The summed E-state index contributed by atoms with van der Waals surface area (Å²) in [5.74, 6) is 0.872. The molecule has 2 amide bonds. The van der Waals surface area contributed by atoms with Crippen LogP contribution in [0.2, 0.25) is 0 Å². The van der Waals surface area contributed by atoms with Gasteiger partial charge in [0.05, 0.1) is 6.42 Å². The summed E-state index contributed by atoms with van der Waals surface area (Å²) in [6.07, 6.45) is 0.494. The molecule has 2 aromatic rings. The van der Waals surface area contributed by atoms with E-state index < -0.39 is 17.8 Å². The summed E-state index contributed by atoms with van der Waals surface area (Å²) in [4.78, 5) is 32.3. The minimum Gasteiger partial charge on any atom is -0.481 e. The highest BCUT2D eigenvalue weighted by Gasteiger charge is 2.44. The van der Waals surface area contributed by atoms with Crippen LogP contribution in [0.5, 0.6) is 5.75 Å². The molecule has 0 saturated carbocycles. The Morgan fingerprint density at radius 2 is 1.75 bits per heavy atom. The van der Waals surface area contributed by atoms with E-state index in [0.717, 1.165) is 5.56 Å². The van der Waals surface area contributed by atoms with Gasteiger partial charge < -0.3 is 24.5 Å². The van der Waals surface area contributed by atoms with Crippen molar-refractivity contribution in [1.82, 2.24) is 10.2 Å². The van der Waals surface area contributed by atoms with Gasteiger partial charge in [-0.25, -0.2) is 4.79 Å². The van der Waals surface area contributed by atoms with Gasteiger partial charge in [-0.05, 0) is 24.6 Å². The number of amides is 2. The molecule has 0 aromatic heterocycles. The van der Waals surface area contributed by atoms with Crippen molar-refractivity contribution in [2.75, 3.05) is 13.1 Å². The Balaban J connectivity index is 1.21. The van der Waals surface area contributed by atoms with E-state index in [1.165, 1.54) is 0 Å². The molecule has 4 rings (SSSR count). The summed E-state index contributed by atoms with van der Waals surface area (Å²) < 4.78 is 11.1. The molecule has 1 N–H and O–H groups in total. The highest BCUT2D eigenvalue weighted by molar-refractivity contribution is 5.89. The summed E-state index contributed by atoms with van der Waals surface area (Å²) in [7, 11) is 0. The number of piperidine rings is 1. The number of likely N-dealkylation sites (tertiary alicyclic amines) is 1. The van der Waals surface area contributed by atoms with E-state index in [2.05, 4.69) is 10.5 Å². The van der Waals surface area contributed by atoms with E-state index in [1.54, 1.807) is 11.8 Å². The zero-order chi connectivity index (χ0) is 22.4. The molecule has 1 saturated heterocycles. The first-order valence-electron chi connectivity index (χ1n) is 10.8. The average molecular weight is 437 g/mol. The number of nitrogens with one attached hydrogen (secondary N) is 1. The number of rotatable bonds is 5. The van der Waals surface area contributed by atoms with Crippen LogP contribution < -0.4 is 10.1 Å². The van der Waals surface area contributed by atoms with Gasteiger partial charge in [-0.15, -0.1) is 0 Å². The zero-order valence-corrected chi connectivity index (χ0v) is 18.0. The predicted molar refractivity (Wildman–Crippen MR) is 118 cm³/mol. The van der Waals surface area contributed by atoms with Crippen LogP contribution in [0, 0.1) is 0 Å². The SMILES string of the molecule is CC(Oc1ccccc1)C(=O)N1CCC2(CC1)CC(OC(=O)NCc1ccccc1)=NO2. The maximum Gasteiger partial charge on any atom is 0.414 e. The van der Waals surface area contributed by atoms with Crippen LogP contribution in [0.25, 0.3) is 0 Å². The van der Waals surface area contributed by atoms with Crippen LogP contribution >= 0.6 is 0 Å². The second kappa shape index (κ2) is 9.72. The van der Waals surface area contributed by atoms with Gasteiger partial charge in [-0.2, -0.15) is 0 Å². The van der Waals surface area contributed by atoms with E-state index in [1.807, 2.05) is 60.7 Å². The Morgan fingerprint density at radius 1 is 1.09 bits per heavy atom. The predicted octanol–water partition coefficient (Wildman–Crippen LogP) is 3.48. The average Bonchev–Trinajstić information content (AvgIpc) is 3.20. The highest BCUT2D eigenvalue weighted by atomic mass is 16.7. The maximum absolute atomic E-state index is 12.8. The minimum absolute atomic E-state index is 0.0561. The molecule has 2 heterocycles. The topological polar surface area (TPSA) is 89.5 Å². The molecule has 2 aliphatic rings. The monoisotopic (exact) mass is 437 g/mol. The van der Waals surface area contributed by atoms with Gasteiger partial charge in [-0.1, -0.05) is 53.7 Å². The molecule has 8 nitrogen and oxygen atoms in total. The number of hydrogen-bond acceptors (Lipinski definition) is 6. The number of nitrogens with zero attached hydrogens (tertiary/aromatic N) is 2. The zero-order valence-electron chi connectivity index (χ0n) is 18.0. The third-order valence-electron chi connectivity index (χ3n) is 5.69. The number of ether oxygens (including phenoxy) is 2. The molecule has 0 radical (unpaired) electrons. The van der Waals surface area contributed by atoms with Gasteiger partial charge in [0.25, 0.3) is 5.91 Å². The number of benzene rings is 2. The molecular formula is C24H27N3O5. The van der Waals surface area contributed by atoms with Crippen LogP contribution in [0.3, 0.4) is 0 Å². The third kappa shape index (κ3) is 5.38. The molecule has 32 heavy (non-hydrogen) atoms. The van der Waals surface area contributed by atoms with Crippen LogP contribution in [-0.2, 0) is 20.9 Å². The third-order valence-corrected chi connectivity index (χ3v) is 5.69. The molecule has 0 bridgehead atoms. The lowest BCUT2D eigenvalue weighted by Gasteiger charge is -2.37.